The van der Waals surface area contributed by atoms with E-state index in [1.54, 1.807) is 4.90 Å². The molecule has 1 amide bonds. The van der Waals surface area contributed by atoms with Crippen molar-refractivity contribution in [3.63, 3.8) is 0 Å². The fourth-order valence-corrected chi connectivity index (χ4v) is 4.51. The first-order chi connectivity index (χ1) is 13.1. The molecular formula is C19H27FN2O5S. The van der Waals surface area contributed by atoms with Crippen molar-refractivity contribution in [2.75, 3.05) is 6.54 Å². The maximum atomic E-state index is 13.6. The lowest BCUT2D eigenvalue weighted by atomic mass is 9.97. The Bertz CT molecular complexity index is 804. The first-order valence-electron chi connectivity index (χ1n) is 9.39. The average Bonchev–Trinajstić information content (AvgIpc) is 2.61. The first kappa shape index (κ1) is 22.3. The Morgan fingerprint density at radius 3 is 2.46 bits per heavy atom. The summed E-state index contributed by atoms with van der Waals surface area (Å²) in [4.78, 5) is 25.9. The van der Waals surface area contributed by atoms with Gasteiger partial charge in [0.2, 0.25) is 10.0 Å². The second-order valence-electron chi connectivity index (χ2n) is 7.08. The summed E-state index contributed by atoms with van der Waals surface area (Å²) in [6.07, 6.45) is 1.67. The van der Waals surface area contributed by atoms with E-state index < -0.39 is 32.8 Å². The maximum Gasteiger partial charge on any atom is 0.307 e. The van der Waals surface area contributed by atoms with Crippen LogP contribution in [0.2, 0.25) is 0 Å². The SMILES string of the molecule is C[C@@H]1CCC[C@H](C)N1C(=O)[C@@H](C)OC(=O)CCNS(=O)(=O)c1ccccc1F. The fraction of sp³-hybridized carbons (Fsp3) is 0.579. The highest BCUT2D eigenvalue weighted by molar-refractivity contribution is 7.89. The number of carbonyl (C=O) groups is 2. The third-order valence-corrected chi connectivity index (χ3v) is 6.35. The lowest BCUT2D eigenvalue weighted by Gasteiger charge is -2.40. The minimum Gasteiger partial charge on any atom is -0.452 e. The minimum absolute atomic E-state index is 0.0879. The van der Waals surface area contributed by atoms with Gasteiger partial charge in [-0.1, -0.05) is 12.1 Å². The van der Waals surface area contributed by atoms with Gasteiger partial charge in [-0.2, -0.15) is 0 Å². The molecule has 1 N–H and O–H groups in total. The van der Waals surface area contributed by atoms with Crippen molar-refractivity contribution >= 4 is 21.9 Å². The zero-order valence-corrected chi connectivity index (χ0v) is 17.2. The first-order valence-corrected chi connectivity index (χ1v) is 10.9. The highest BCUT2D eigenvalue weighted by atomic mass is 32.2. The monoisotopic (exact) mass is 414 g/mol. The van der Waals surface area contributed by atoms with E-state index in [-0.39, 0.29) is 31.0 Å². The highest BCUT2D eigenvalue weighted by Gasteiger charge is 2.33. The molecule has 156 valence electrons. The number of nitrogens with one attached hydrogen (secondary N) is 1. The van der Waals surface area contributed by atoms with Crippen LogP contribution in [0.15, 0.2) is 29.2 Å². The molecule has 3 atom stereocenters. The molecule has 1 aromatic carbocycles. The third-order valence-electron chi connectivity index (χ3n) is 4.85. The molecule has 28 heavy (non-hydrogen) atoms. The number of hydrogen-bond acceptors (Lipinski definition) is 5. The molecule has 0 aliphatic carbocycles. The summed E-state index contributed by atoms with van der Waals surface area (Å²) in [7, 11) is -4.07. The molecule has 1 aromatic rings. The normalized spacial score (nSPS) is 21.2. The van der Waals surface area contributed by atoms with Crippen molar-refractivity contribution in [2.24, 2.45) is 0 Å². The number of sulfonamides is 1. The molecule has 0 unspecified atom stereocenters. The van der Waals surface area contributed by atoms with Crippen LogP contribution in [0.4, 0.5) is 4.39 Å². The molecular weight excluding hydrogens is 387 g/mol. The minimum atomic E-state index is -4.07. The second-order valence-corrected chi connectivity index (χ2v) is 8.82. The summed E-state index contributed by atoms with van der Waals surface area (Å²) in [5, 5.41) is 0. The number of amides is 1. The van der Waals surface area contributed by atoms with E-state index in [0.29, 0.717) is 0 Å². The van der Waals surface area contributed by atoms with Gasteiger partial charge < -0.3 is 9.64 Å². The number of ether oxygens (including phenoxy) is 1. The third kappa shape index (κ3) is 5.51. The number of rotatable bonds is 7. The molecule has 1 saturated heterocycles. The molecule has 0 radical (unpaired) electrons. The number of piperidine rings is 1. The van der Waals surface area contributed by atoms with E-state index in [4.69, 9.17) is 4.74 Å². The summed E-state index contributed by atoms with van der Waals surface area (Å²) < 4.78 is 45.1. The Balaban J connectivity index is 1.85. The Kier molecular flexibility index (Phi) is 7.54. The van der Waals surface area contributed by atoms with Crippen LogP contribution in [0.25, 0.3) is 0 Å². The van der Waals surface area contributed by atoms with E-state index in [1.165, 1.54) is 19.1 Å². The molecule has 1 fully saturated rings. The van der Waals surface area contributed by atoms with E-state index in [2.05, 4.69) is 4.72 Å². The number of esters is 1. The molecule has 1 aliphatic heterocycles. The van der Waals surface area contributed by atoms with Gasteiger partial charge in [0.05, 0.1) is 6.42 Å². The zero-order valence-electron chi connectivity index (χ0n) is 16.4. The number of nitrogens with zero attached hydrogens (tertiary/aromatic N) is 1. The summed E-state index contributed by atoms with van der Waals surface area (Å²) in [5.41, 5.74) is 0. The topological polar surface area (TPSA) is 92.8 Å². The smallest absolute Gasteiger partial charge is 0.307 e. The van der Waals surface area contributed by atoms with Crippen molar-refractivity contribution in [3.8, 4) is 0 Å². The molecule has 0 aromatic heterocycles. The van der Waals surface area contributed by atoms with Crippen molar-refractivity contribution in [2.45, 2.75) is 69.5 Å². The van der Waals surface area contributed by atoms with Crippen LogP contribution in [0, 0.1) is 5.82 Å². The highest BCUT2D eigenvalue weighted by Crippen LogP contribution is 2.23. The van der Waals surface area contributed by atoms with Crippen LogP contribution < -0.4 is 4.72 Å². The largest absolute Gasteiger partial charge is 0.452 e. The van der Waals surface area contributed by atoms with Gasteiger partial charge in [0, 0.05) is 18.6 Å². The van der Waals surface area contributed by atoms with Crippen LogP contribution in [0.1, 0.15) is 46.5 Å². The standard InChI is InChI=1S/C19H27FN2O5S/c1-13-7-6-8-14(2)22(13)19(24)15(3)27-18(23)11-12-21-28(25,26)17-10-5-4-9-16(17)20/h4-5,9-10,13-15,21H,6-8,11-12H2,1-3H3/t13-,14+,15-/m1/s1. The van der Waals surface area contributed by atoms with Crippen LogP contribution in [-0.2, 0) is 24.3 Å². The Labute approximate surface area is 165 Å². The average molecular weight is 414 g/mol. The second kappa shape index (κ2) is 9.47. The van der Waals surface area contributed by atoms with Gasteiger partial charge in [-0.05, 0) is 52.2 Å². The molecule has 1 heterocycles. The number of carbonyl (C=O) groups excluding carboxylic acids is 2. The summed E-state index contributed by atoms with van der Waals surface area (Å²) >= 11 is 0. The predicted octanol–water partition coefficient (Wildman–Crippen LogP) is 2.22. The van der Waals surface area contributed by atoms with Crippen molar-refractivity contribution in [3.05, 3.63) is 30.1 Å². The number of halogens is 1. The van der Waals surface area contributed by atoms with Gasteiger partial charge in [0.1, 0.15) is 10.7 Å². The van der Waals surface area contributed by atoms with Crippen LogP contribution in [0.5, 0.6) is 0 Å². The summed E-state index contributed by atoms with van der Waals surface area (Å²) in [6.45, 7) is 5.20. The number of likely N-dealkylation sites (tertiary alicyclic amines) is 1. The van der Waals surface area contributed by atoms with Gasteiger partial charge in [-0.15, -0.1) is 0 Å². The van der Waals surface area contributed by atoms with Gasteiger partial charge in [-0.25, -0.2) is 17.5 Å². The quantitative estimate of drug-likeness (QED) is 0.691. The van der Waals surface area contributed by atoms with Crippen molar-refractivity contribution < 1.29 is 27.1 Å². The van der Waals surface area contributed by atoms with Crippen LogP contribution >= 0.6 is 0 Å². The van der Waals surface area contributed by atoms with Crippen molar-refractivity contribution in [1.29, 1.82) is 0 Å². The predicted molar refractivity (Wildman–Crippen MR) is 101 cm³/mol. The zero-order chi connectivity index (χ0) is 20.9. The van der Waals surface area contributed by atoms with E-state index in [0.717, 1.165) is 31.4 Å². The molecule has 7 nitrogen and oxygen atoms in total. The molecule has 2 rings (SSSR count). The summed E-state index contributed by atoms with van der Waals surface area (Å²) in [5.74, 6) is -1.82. The van der Waals surface area contributed by atoms with Crippen molar-refractivity contribution in [1.82, 2.24) is 9.62 Å². The number of benzene rings is 1. The molecule has 9 heteroatoms. The Morgan fingerprint density at radius 2 is 1.86 bits per heavy atom. The molecule has 0 saturated carbocycles. The Morgan fingerprint density at radius 1 is 1.25 bits per heavy atom. The van der Waals surface area contributed by atoms with Gasteiger partial charge in [0.25, 0.3) is 5.91 Å². The van der Waals surface area contributed by atoms with Gasteiger partial charge >= 0.3 is 5.97 Å². The number of hydrogen-bond donors (Lipinski definition) is 1. The molecule has 1 aliphatic rings. The van der Waals surface area contributed by atoms with Crippen LogP contribution in [0.3, 0.4) is 0 Å². The maximum absolute atomic E-state index is 13.6. The van der Waals surface area contributed by atoms with Crippen LogP contribution in [-0.4, -0.2) is 49.9 Å². The van der Waals surface area contributed by atoms with E-state index >= 15 is 0 Å². The van der Waals surface area contributed by atoms with Gasteiger partial charge in [-0.3, -0.25) is 9.59 Å². The molecule has 0 spiro atoms. The Hall–Kier alpha value is -2.00. The lowest BCUT2D eigenvalue weighted by Crippen LogP contribution is -2.51. The van der Waals surface area contributed by atoms with Gasteiger partial charge in [0.15, 0.2) is 6.10 Å². The van der Waals surface area contributed by atoms with E-state index in [9.17, 15) is 22.4 Å². The fourth-order valence-electron chi connectivity index (χ4n) is 3.40. The van der Waals surface area contributed by atoms with E-state index in [1.807, 2.05) is 13.8 Å². The summed E-state index contributed by atoms with van der Waals surface area (Å²) in [6, 6.07) is 5.14. The molecule has 0 bridgehead atoms. The lowest BCUT2D eigenvalue weighted by molar-refractivity contribution is -0.162.